The summed E-state index contributed by atoms with van der Waals surface area (Å²) in [5.41, 5.74) is -0.302. The van der Waals surface area contributed by atoms with Gasteiger partial charge in [-0.05, 0) is 6.42 Å². The monoisotopic (exact) mass is 375 g/mol. The number of Topliss-reactive ketones (excluding diaryl/α,β-unsaturated/α-hetero) is 1. The molecule has 0 aliphatic carbocycles. The second kappa shape index (κ2) is 16.2. The van der Waals surface area contributed by atoms with Crippen LogP contribution < -0.4 is 5.32 Å². The minimum Gasteiger partial charge on any atom is -0.379 e. The van der Waals surface area contributed by atoms with Crippen molar-refractivity contribution in [3.05, 3.63) is 0 Å². The van der Waals surface area contributed by atoms with Gasteiger partial charge in [-0.2, -0.15) is 0 Å². The highest BCUT2D eigenvalue weighted by Crippen LogP contribution is 2.16. The quantitative estimate of drug-likeness (QED) is 0.391. The summed E-state index contributed by atoms with van der Waals surface area (Å²) >= 11 is 0. The van der Waals surface area contributed by atoms with Crippen molar-refractivity contribution in [3.8, 4) is 0 Å². The normalized spacial score (nSPS) is 11.5. The van der Waals surface area contributed by atoms with Gasteiger partial charge in [0.1, 0.15) is 5.78 Å². The summed E-state index contributed by atoms with van der Waals surface area (Å²) in [6.07, 6.45) is 1.85. The van der Waals surface area contributed by atoms with E-state index in [9.17, 15) is 9.59 Å². The summed E-state index contributed by atoms with van der Waals surface area (Å²) in [5.74, 6) is 0.270. The Morgan fingerprint density at radius 3 is 1.65 bits per heavy atom. The number of rotatable bonds is 17. The van der Waals surface area contributed by atoms with Crippen molar-refractivity contribution < 1.29 is 28.5 Å². The first kappa shape index (κ1) is 25.0. The molecule has 0 saturated carbocycles. The van der Waals surface area contributed by atoms with Crippen molar-refractivity contribution in [2.24, 2.45) is 5.41 Å². The number of ketones is 1. The Bertz CT molecular complexity index is 368. The van der Waals surface area contributed by atoms with Crippen molar-refractivity contribution in [1.29, 1.82) is 0 Å². The molecule has 7 heteroatoms. The summed E-state index contributed by atoms with van der Waals surface area (Å²) in [5, 5.41) is 2.78. The standard InChI is InChI=1S/C19H37NO6/c1-5-6-18(22)20-8-10-24-12-14-26-16-15-25-13-11-23-9-7-17(21)19(2,3)4/h5-16H2,1-4H3,(H,20,22). The van der Waals surface area contributed by atoms with Gasteiger partial charge in [0, 0.05) is 24.8 Å². The molecule has 0 heterocycles. The summed E-state index contributed by atoms with van der Waals surface area (Å²) in [7, 11) is 0. The first-order valence-electron chi connectivity index (χ1n) is 9.49. The Morgan fingerprint density at radius 2 is 1.19 bits per heavy atom. The average molecular weight is 376 g/mol. The second-order valence-electron chi connectivity index (χ2n) is 6.97. The highest BCUT2D eigenvalue weighted by molar-refractivity contribution is 5.83. The molecule has 0 bridgehead atoms. The van der Waals surface area contributed by atoms with Crippen LogP contribution in [0.4, 0.5) is 0 Å². The molecule has 0 atom stereocenters. The van der Waals surface area contributed by atoms with E-state index in [-0.39, 0.29) is 17.1 Å². The van der Waals surface area contributed by atoms with Crippen molar-refractivity contribution in [2.45, 2.75) is 47.0 Å². The van der Waals surface area contributed by atoms with Gasteiger partial charge in [-0.25, -0.2) is 0 Å². The number of carbonyl (C=O) groups is 2. The van der Waals surface area contributed by atoms with Gasteiger partial charge in [-0.1, -0.05) is 27.7 Å². The predicted octanol–water partition coefficient (Wildman–Crippen LogP) is 1.97. The van der Waals surface area contributed by atoms with Crippen LogP contribution in [0.25, 0.3) is 0 Å². The van der Waals surface area contributed by atoms with Gasteiger partial charge in [0.05, 0.1) is 52.9 Å². The molecule has 0 radical (unpaired) electrons. The molecule has 0 aliphatic heterocycles. The van der Waals surface area contributed by atoms with Gasteiger partial charge in [-0.15, -0.1) is 0 Å². The Labute approximate surface area is 158 Å². The van der Waals surface area contributed by atoms with Crippen LogP contribution in [-0.2, 0) is 28.5 Å². The molecule has 26 heavy (non-hydrogen) atoms. The minimum atomic E-state index is -0.302. The van der Waals surface area contributed by atoms with Crippen LogP contribution in [0.1, 0.15) is 47.0 Å². The smallest absolute Gasteiger partial charge is 0.220 e. The Morgan fingerprint density at radius 1 is 0.731 bits per heavy atom. The van der Waals surface area contributed by atoms with Gasteiger partial charge >= 0.3 is 0 Å². The van der Waals surface area contributed by atoms with E-state index in [4.69, 9.17) is 18.9 Å². The molecule has 0 rings (SSSR count). The van der Waals surface area contributed by atoms with E-state index < -0.39 is 0 Å². The molecular weight excluding hydrogens is 338 g/mol. The van der Waals surface area contributed by atoms with Crippen LogP contribution in [0, 0.1) is 5.41 Å². The molecule has 0 spiro atoms. The lowest BCUT2D eigenvalue weighted by molar-refractivity contribution is -0.127. The number of amides is 1. The molecule has 0 unspecified atom stereocenters. The van der Waals surface area contributed by atoms with E-state index in [0.717, 1.165) is 6.42 Å². The second-order valence-corrected chi connectivity index (χ2v) is 6.97. The molecule has 1 amide bonds. The van der Waals surface area contributed by atoms with Crippen LogP contribution in [0.5, 0.6) is 0 Å². The van der Waals surface area contributed by atoms with Crippen LogP contribution in [-0.4, -0.2) is 71.1 Å². The lowest BCUT2D eigenvalue weighted by Gasteiger charge is -2.16. The zero-order valence-corrected chi connectivity index (χ0v) is 16.9. The molecule has 0 aliphatic rings. The van der Waals surface area contributed by atoms with E-state index in [1.165, 1.54) is 0 Å². The largest absolute Gasteiger partial charge is 0.379 e. The molecule has 0 aromatic heterocycles. The molecule has 7 nitrogen and oxygen atoms in total. The van der Waals surface area contributed by atoms with E-state index in [1.807, 2.05) is 27.7 Å². The maximum absolute atomic E-state index is 11.7. The van der Waals surface area contributed by atoms with Crippen LogP contribution in [0.15, 0.2) is 0 Å². The zero-order chi connectivity index (χ0) is 19.7. The van der Waals surface area contributed by atoms with E-state index >= 15 is 0 Å². The topological polar surface area (TPSA) is 83.1 Å². The van der Waals surface area contributed by atoms with Crippen molar-refractivity contribution in [1.82, 2.24) is 5.32 Å². The SMILES string of the molecule is CCCC(=O)NCCOCCOCCOCCOCCC(=O)C(C)(C)C. The first-order chi connectivity index (χ1) is 12.4. The van der Waals surface area contributed by atoms with E-state index in [2.05, 4.69) is 5.32 Å². The Kier molecular flexibility index (Phi) is 15.5. The van der Waals surface area contributed by atoms with E-state index in [0.29, 0.717) is 72.2 Å². The maximum Gasteiger partial charge on any atom is 0.220 e. The fourth-order valence-electron chi connectivity index (χ4n) is 1.88. The van der Waals surface area contributed by atoms with Gasteiger partial charge in [-0.3, -0.25) is 9.59 Å². The van der Waals surface area contributed by atoms with Gasteiger partial charge in [0.25, 0.3) is 0 Å². The van der Waals surface area contributed by atoms with Crippen molar-refractivity contribution in [2.75, 3.05) is 59.4 Å². The number of hydrogen-bond acceptors (Lipinski definition) is 6. The maximum atomic E-state index is 11.7. The summed E-state index contributed by atoms with van der Waals surface area (Å²) in [6, 6.07) is 0. The summed E-state index contributed by atoms with van der Waals surface area (Å²) in [4.78, 5) is 22.9. The number of ether oxygens (including phenoxy) is 4. The van der Waals surface area contributed by atoms with Gasteiger partial charge < -0.3 is 24.3 Å². The third-order valence-corrected chi connectivity index (χ3v) is 3.47. The van der Waals surface area contributed by atoms with Crippen LogP contribution >= 0.6 is 0 Å². The molecule has 0 aromatic rings. The van der Waals surface area contributed by atoms with Gasteiger partial charge in [0.15, 0.2) is 0 Å². The Hall–Kier alpha value is -1.02. The fraction of sp³-hybridized carbons (Fsp3) is 0.895. The third-order valence-electron chi connectivity index (χ3n) is 3.47. The molecule has 0 saturated heterocycles. The number of hydrogen-bond donors (Lipinski definition) is 1. The number of nitrogens with one attached hydrogen (secondary N) is 1. The number of carbonyl (C=O) groups excluding carboxylic acids is 2. The lowest BCUT2D eigenvalue weighted by atomic mass is 9.89. The lowest BCUT2D eigenvalue weighted by Crippen LogP contribution is -2.27. The van der Waals surface area contributed by atoms with Crippen molar-refractivity contribution in [3.63, 3.8) is 0 Å². The molecule has 154 valence electrons. The third kappa shape index (κ3) is 16.4. The first-order valence-corrected chi connectivity index (χ1v) is 9.49. The molecule has 1 N–H and O–H groups in total. The van der Waals surface area contributed by atoms with Crippen molar-refractivity contribution >= 4 is 11.7 Å². The molecular formula is C19H37NO6. The average Bonchev–Trinajstić information content (AvgIpc) is 2.57. The van der Waals surface area contributed by atoms with Crippen LogP contribution in [0.3, 0.4) is 0 Å². The van der Waals surface area contributed by atoms with E-state index in [1.54, 1.807) is 0 Å². The zero-order valence-electron chi connectivity index (χ0n) is 16.9. The predicted molar refractivity (Wildman–Crippen MR) is 100 cm³/mol. The highest BCUT2D eigenvalue weighted by Gasteiger charge is 2.20. The summed E-state index contributed by atoms with van der Waals surface area (Å²) in [6.45, 7) is 12.1. The molecule has 0 fully saturated rings. The van der Waals surface area contributed by atoms with Crippen LogP contribution in [0.2, 0.25) is 0 Å². The Balaban J connectivity index is 3.18. The van der Waals surface area contributed by atoms with Gasteiger partial charge in [0.2, 0.25) is 5.91 Å². The fourth-order valence-corrected chi connectivity index (χ4v) is 1.88. The summed E-state index contributed by atoms with van der Waals surface area (Å²) < 4.78 is 21.5. The minimum absolute atomic E-state index is 0.0641. The highest BCUT2D eigenvalue weighted by atomic mass is 16.6. The molecule has 0 aromatic carbocycles.